The Morgan fingerprint density at radius 2 is 0.609 bits per heavy atom. The Hall–Kier alpha value is 0.670. The zero-order chi connectivity index (χ0) is 18.8. The maximum Gasteiger partial charge on any atom is 0.394 e. The zero-order valence-electron chi connectivity index (χ0n) is 12.1. The van der Waals surface area contributed by atoms with E-state index < -0.39 is 10.4 Å². The molecule has 0 aliphatic carbocycles. The normalized spacial score (nSPS) is 7.04. The number of hydrogen-bond acceptors (Lipinski definition) is 6. The van der Waals surface area contributed by atoms with Crippen molar-refractivity contribution < 1.29 is 36.7 Å². The van der Waals surface area contributed by atoms with Crippen molar-refractivity contribution in [3.05, 3.63) is 0 Å². The maximum atomic E-state index is 9.21. The number of halogens is 6. The Morgan fingerprint density at radius 1 is 0.609 bits per heavy atom. The Morgan fingerprint density at radius 3 is 0.609 bits per heavy atom. The first-order chi connectivity index (χ1) is 8.93. The second kappa shape index (κ2) is 30.5. The fourth-order valence-electron chi connectivity index (χ4n) is 0. The van der Waals surface area contributed by atoms with Gasteiger partial charge in [0.25, 0.3) is 0 Å². The van der Waals surface area contributed by atoms with E-state index in [-0.39, 0.29) is 54.9 Å². The Labute approximate surface area is 175 Å². The minimum absolute atomic E-state index is 0. The molecular weight excluding hydrogens is 558 g/mol. The summed E-state index contributed by atoms with van der Waals surface area (Å²) in [5, 5.41) is -1.44. The molecule has 0 rings (SSSR count). The van der Waals surface area contributed by atoms with Crippen molar-refractivity contribution >= 4 is 112 Å². The van der Waals surface area contributed by atoms with Crippen LogP contribution in [0.5, 0.6) is 0 Å². The number of carbonyl (C=O) groups is 4. The van der Waals surface area contributed by atoms with Crippen LogP contribution in [0.3, 0.4) is 0 Å². The summed E-state index contributed by atoms with van der Waals surface area (Å²) in [4.78, 5) is 36.8. The molecule has 0 aliphatic rings. The average molecular weight is 574 g/mol. The quantitative estimate of drug-likeness (QED) is 0.331. The summed E-state index contributed by atoms with van der Waals surface area (Å²) in [6.07, 6.45) is 0. The van der Waals surface area contributed by atoms with Crippen LogP contribution in [-0.2, 0) is 29.6 Å². The van der Waals surface area contributed by atoms with E-state index in [0.29, 0.717) is 0 Å². The molecule has 0 aromatic heterocycles. The van der Waals surface area contributed by atoms with Crippen LogP contribution in [0.4, 0.5) is 0 Å². The summed E-state index contributed by atoms with van der Waals surface area (Å²) in [6.45, 7) is 5.17. The van der Waals surface area contributed by atoms with Crippen LogP contribution in [0.15, 0.2) is 0 Å². The van der Waals surface area contributed by atoms with Gasteiger partial charge in [-0.1, -0.05) is 0 Å². The van der Waals surface area contributed by atoms with Gasteiger partial charge in [0.05, 0.1) is 0 Å². The maximum absolute atomic E-state index is 9.21. The lowest BCUT2D eigenvalue weighted by atomic mass is 10.9. The number of hydrogen-bond donors (Lipinski definition) is 2. The first-order valence-electron chi connectivity index (χ1n) is 4.27. The molecular formula is C8H16Br2Cl4O8S. The van der Waals surface area contributed by atoms with Crippen LogP contribution in [0.25, 0.3) is 0 Å². The molecule has 144 valence electrons. The minimum Gasteiger partial charge on any atom is -0.282 e. The van der Waals surface area contributed by atoms with Gasteiger partial charge < -0.3 is 0 Å². The standard InChI is InChI=1S/4C2H3ClO.2BrH.H2O4S/c4*1-2(3)4;;;1-5(2,3)4/h4*1H3;2*1H;(H2,1,2,3,4). The van der Waals surface area contributed by atoms with Crippen molar-refractivity contribution in [3.8, 4) is 0 Å². The van der Waals surface area contributed by atoms with Gasteiger partial charge >= 0.3 is 10.4 Å². The van der Waals surface area contributed by atoms with Gasteiger partial charge in [-0.2, -0.15) is 8.42 Å². The van der Waals surface area contributed by atoms with Crippen molar-refractivity contribution in [2.45, 2.75) is 27.7 Å². The van der Waals surface area contributed by atoms with Crippen LogP contribution >= 0.6 is 80.4 Å². The SMILES string of the molecule is Br.Br.CC(=O)Cl.CC(=O)Cl.CC(=O)Cl.CC(=O)Cl.O=S(=O)(O)O. The third-order valence-corrected chi connectivity index (χ3v) is 0. The van der Waals surface area contributed by atoms with E-state index >= 15 is 0 Å². The summed E-state index contributed by atoms with van der Waals surface area (Å²) in [7, 11) is -4.67. The van der Waals surface area contributed by atoms with Gasteiger partial charge in [0, 0.05) is 27.7 Å². The molecule has 23 heavy (non-hydrogen) atoms. The van der Waals surface area contributed by atoms with Crippen molar-refractivity contribution in [1.82, 2.24) is 0 Å². The highest BCUT2D eigenvalue weighted by Crippen LogP contribution is 1.68. The summed E-state index contributed by atoms with van der Waals surface area (Å²) in [6, 6.07) is 0. The van der Waals surface area contributed by atoms with Crippen molar-refractivity contribution in [3.63, 3.8) is 0 Å². The molecule has 15 heteroatoms. The highest BCUT2D eigenvalue weighted by Gasteiger charge is 1.84. The molecule has 0 aromatic carbocycles. The number of carbonyl (C=O) groups excluding carboxylic acids is 4. The summed E-state index contributed by atoms with van der Waals surface area (Å²) >= 11 is 18.5. The first kappa shape index (κ1) is 43.8. The van der Waals surface area contributed by atoms with E-state index in [1.165, 1.54) is 27.7 Å². The summed E-state index contributed by atoms with van der Waals surface area (Å²) in [5.41, 5.74) is 0. The van der Waals surface area contributed by atoms with Gasteiger partial charge in [-0.3, -0.25) is 28.3 Å². The van der Waals surface area contributed by atoms with Crippen molar-refractivity contribution in [2.75, 3.05) is 0 Å². The molecule has 0 radical (unpaired) electrons. The highest BCUT2D eigenvalue weighted by molar-refractivity contribution is 8.93. The largest absolute Gasteiger partial charge is 0.394 e. The second-order valence-corrected chi connectivity index (χ2v) is 5.35. The van der Waals surface area contributed by atoms with Gasteiger partial charge in [0.15, 0.2) is 0 Å². The predicted octanol–water partition coefficient (Wildman–Crippen LogP) is 3.59. The monoisotopic (exact) mass is 570 g/mol. The van der Waals surface area contributed by atoms with E-state index in [1.807, 2.05) is 0 Å². The summed E-state index contributed by atoms with van der Waals surface area (Å²) in [5.74, 6) is 0. The van der Waals surface area contributed by atoms with Gasteiger partial charge in [0.2, 0.25) is 21.0 Å². The predicted molar refractivity (Wildman–Crippen MR) is 101 cm³/mol. The van der Waals surface area contributed by atoms with Crippen LogP contribution in [0.2, 0.25) is 0 Å². The molecule has 0 aliphatic heterocycles. The summed E-state index contributed by atoms with van der Waals surface area (Å²) < 4.78 is 31.6. The molecule has 0 amide bonds. The molecule has 0 saturated carbocycles. The molecule has 0 bridgehead atoms. The lowest BCUT2D eigenvalue weighted by molar-refractivity contribution is -0.110. The molecule has 0 aromatic rings. The molecule has 0 fully saturated rings. The molecule has 8 nitrogen and oxygen atoms in total. The van der Waals surface area contributed by atoms with Crippen molar-refractivity contribution in [2.24, 2.45) is 0 Å². The average Bonchev–Trinajstić information content (AvgIpc) is 1.91. The second-order valence-electron chi connectivity index (χ2n) is 2.33. The van der Waals surface area contributed by atoms with E-state index in [0.717, 1.165) is 0 Å². The minimum atomic E-state index is -4.67. The molecule has 0 atom stereocenters. The molecule has 0 unspecified atom stereocenters. The fourth-order valence-corrected chi connectivity index (χ4v) is 0. The Bertz CT molecular complexity index is 344. The van der Waals surface area contributed by atoms with Gasteiger partial charge in [-0.05, 0) is 46.4 Å². The molecule has 0 heterocycles. The van der Waals surface area contributed by atoms with Gasteiger partial charge in [-0.15, -0.1) is 34.0 Å². The van der Waals surface area contributed by atoms with Crippen LogP contribution in [-0.4, -0.2) is 38.5 Å². The lowest BCUT2D eigenvalue weighted by Gasteiger charge is -1.68. The van der Waals surface area contributed by atoms with E-state index in [1.54, 1.807) is 0 Å². The van der Waals surface area contributed by atoms with E-state index in [9.17, 15) is 19.2 Å². The number of rotatable bonds is 0. The fraction of sp³-hybridized carbons (Fsp3) is 0.500. The topological polar surface area (TPSA) is 143 Å². The Balaban J connectivity index is -0.0000000273. The smallest absolute Gasteiger partial charge is 0.282 e. The Kier molecular flexibility index (Phi) is 58.1. The third-order valence-electron chi connectivity index (χ3n) is 0. The lowest BCUT2D eigenvalue weighted by Crippen LogP contribution is -1.89. The van der Waals surface area contributed by atoms with Crippen LogP contribution in [0.1, 0.15) is 27.7 Å². The molecule has 0 spiro atoms. The zero-order valence-corrected chi connectivity index (χ0v) is 19.3. The molecule has 2 N–H and O–H groups in total. The van der Waals surface area contributed by atoms with Crippen LogP contribution < -0.4 is 0 Å². The van der Waals surface area contributed by atoms with Crippen molar-refractivity contribution in [1.29, 1.82) is 0 Å². The van der Waals surface area contributed by atoms with Crippen LogP contribution in [0, 0.1) is 0 Å². The highest BCUT2D eigenvalue weighted by atomic mass is 79.9. The molecule has 0 saturated heterocycles. The van der Waals surface area contributed by atoms with Gasteiger partial charge in [0.1, 0.15) is 0 Å². The third kappa shape index (κ3) is 21600. The van der Waals surface area contributed by atoms with Gasteiger partial charge in [-0.25, -0.2) is 0 Å². The first-order valence-corrected chi connectivity index (χ1v) is 7.18. The van der Waals surface area contributed by atoms with E-state index in [2.05, 4.69) is 46.4 Å². The van der Waals surface area contributed by atoms with E-state index in [4.69, 9.17) is 17.5 Å².